The van der Waals surface area contributed by atoms with Gasteiger partial charge in [0.25, 0.3) is 5.91 Å². The van der Waals surface area contributed by atoms with Crippen molar-refractivity contribution in [1.82, 2.24) is 24.9 Å². The van der Waals surface area contributed by atoms with Gasteiger partial charge in [-0.25, -0.2) is 0 Å². The molecule has 0 radical (unpaired) electrons. The van der Waals surface area contributed by atoms with Gasteiger partial charge in [0.2, 0.25) is 0 Å². The summed E-state index contributed by atoms with van der Waals surface area (Å²) in [4.78, 5) is 15.3. The van der Waals surface area contributed by atoms with Crippen LogP contribution >= 0.6 is 11.6 Å². The lowest BCUT2D eigenvalue weighted by Gasteiger charge is -2.08. The molecule has 0 saturated heterocycles. The van der Waals surface area contributed by atoms with Crippen LogP contribution in [0, 0.1) is 0 Å². The minimum atomic E-state index is -4.54. The van der Waals surface area contributed by atoms with Crippen molar-refractivity contribution < 1.29 is 18.0 Å². The monoisotopic (exact) mass is 393 g/mol. The molecule has 138 valence electrons. The van der Waals surface area contributed by atoms with E-state index in [2.05, 4.69) is 20.5 Å². The van der Waals surface area contributed by atoms with Crippen molar-refractivity contribution in [3.8, 4) is 0 Å². The Morgan fingerprint density at radius 1 is 1.22 bits per heavy atom. The minimum Gasteiger partial charge on any atom is -0.351 e. The summed E-state index contributed by atoms with van der Waals surface area (Å²) in [5.41, 5.74) is -0.151. The highest BCUT2D eigenvalue weighted by molar-refractivity contribution is 6.31. The van der Waals surface area contributed by atoms with Crippen molar-refractivity contribution >= 4 is 34.1 Å². The quantitative estimate of drug-likeness (QED) is 0.555. The number of amides is 1. The molecule has 6 nitrogen and oxygen atoms in total. The molecule has 0 atom stereocenters. The van der Waals surface area contributed by atoms with E-state index in [1.54, 1.807) is 24.3 Å². The van der Waals surface area contributed by atoms with E-state index in [9.17, 15) is 18.0 Å². The van der Waals surface area contributed by atoms with E-state index < -0.39 is 17.6 Å². The van der Waals surface area contributed by atoms with Gasteiger partial charge in [-0.1, -0.05) is 11.6 Å². The highest BCUT2D eigenvalue weighted by Crippen LogP contribution is 2.31. The molecule has 1 amide bonds. The number of aromatic amines is 1. The van der Waals surface area contributed by atoms with E-state index in [0.717, 1.165) is 17.0 Å². The molecule has 0 unspecified atom stereocenters. The van der Waals surface area contributed by atoms with Crippen LogP contribution in [-0.4, -0.2) is 25.5 Å². The Kier molecular flexibility index (Phi) is 4.03. The van der Waals surface area contributed by atoms with Crippen LogP contribution in [0.5, 0.6) is 0 Å². The molecule has 1 aromatic carbocycles. The van der Waals surface area contributed by atoms with Crippen LogP contribution in [0.15, 0.2) is 42.6 Å². The number of nitrogens with one attached hydrogen (secondary N) is 2. The van der Waals surface area contributed by atoms with E-state index in [-0.39, 0.29) is 18.0 Å². The van der Waals surface area contributed by atoms with Gasteiger partial charge in [0.05, 0.1) is 6.54 Å². The van der Waals surface area contributed by atoms with Crippen LogP contribution in [0.2, 0.25) is 5.02 Å². The zero-order valence-electron chi connectivity index (χ0n) is 13.5. The molecule has 3 aromatic heterocycles. The van der Waals surface area contributed by atoms with Gasteiger partial charge in [-0.05, 0) is 36.4 Å². The molecule has 0 spiro atoms. The minimum absolute atomic E-state index is 0.0859. The third-order valence-corrected chi connectivity index (χ3v) is 4.28. The van der Waals surface area contributed by atoms with Crippen LogP contribution in [0.4, 0.5) is 13.2 Å². The molecule has 4 rings (SSSR count). The molecule has 10 heteroatoms. The van der Waals surface area contributed by atoms with Crippen molar-refractivity contribution in [3.05, 3.63) is 64.7 Å². The van der Waals surface area contributed by atoms with Gasteiger partial charge in [0.15, 0.2) is 11.5 Å². The Morgan fingerprint density at radius 2 is 2.04 bits per heavy atom. The summed E-state index contributed by atoms with van der Waals surface area (Å²) in [7, 11) is 0. The van der Waals surface area contributed by atoms with Gasteiger partial charge < -0.3 is 10.3 Å². The third kappa shape index (κ3) is 3.21. The summed E-state index contributed by atoms with van der Waals surface area (Å²) >= 11 is 5.92. The lowest BCUT2D eigenvalue weighted by atomic mass is 10.2. The summed E-state index contributed by atoms with van der Waals surface area (Å²) < 4.78 is 40.3. The van der Waals surface area contributed by atoms with Crippen molar-refractivity contribution in [3.63, 3.8) is 0 Å². The fourth-order valence-electron chi connectivity index (χ4n) is 2.79. The first kappa shape index (κ1) is 17.3. The second-order valence-corrected chi connectivity index (χ2v) is 6.26. The predicted octanol–water partition coefficient (Wildman–Crippen LogP) is 3.81. The van der Waals surface area contributed by atoms with Crippen LogP contribution < -0.4 is 5.32 Å². The maximum atomic E-state index is 13.0. The van der Waals surface area contributed by atoms with E-state index in [0.29, 0.717) is 10.7 Å². The summed E-state index contributed by atoms with van der Waals surface area (Å²) in [5, 5.41) is 11.3. The van der Waals surface area contributed by atoms with Crippen LogP contribution in [0.3, 0.4) is 0 Å². The molecule has 3 heterocycles. The first-order chi connectivity index (χ1) is 12.8. The number of pyridine rings is 1. The standard InChI is InChI=1S/C17H11ClF3N5O/c18-10-3-4-12-9(6-10)7-13(23-12)16(27)22-8-14-24-25-15-11(17(19,20)21)2-1-5-26(14)15/h1-7,23H,8H2,(H,22,27). The second kappa shape index (κ2) is 6.27. The number of nitrogens with zero attached hydrogens (tertiary/aromatic N) is 3. The number of carbonyl (C=O) groups excluding carboxylic acids is 1. The largest absolute Gasteiger partial charge is 0.420 e. The molecule has 27 heavy (non-hydrogen) atoms. The van der Waals surface area contributed by atoms with Gasteiger partial charge in [0.1, 0.15) is 11.3 Å². The highest BCUT2D eigenvalue weighted by atomic mass is 35.5. The van der Waals surface area contributed by atoms with E-state index >= 15 is 0 Å². The molecule has 0 aliphatic rings. The number of carbonyl (C=O) groups is 1. The number of rotatable bonds is 3. The molecule has 2 N–H and O–H groups in total. The first-order valence-electron chi connectivity index (χ1n) is 7.79. The molecular weight excluding hydrogens is 383 g/mol. The number of benzene rings is 1. The maximum Gasteiger partial charge on any atom is 0.420 e. The number of H-pyrrole nitrogens is 1. The third-order valence-electron chi connectivity index (χ3n) is 4.05. The van der Waals surface area contributed by atoms with E-state index in [1.807, 2.05) is 0 Å². The van der Waals surface area contributed by atoms with Gasteiger partial charge >= 0.3 is 6.18 Å². The Hall–Kier alpha value is -3.07. The Labute approximate surface area is 155 Å². The predicted molar refractivity (Wildman–Crippen MR) is 92.5 cm³/mol. The molecular formula is C17H11ClF3N5O. The zero-order chi connectivity index (χ0) is 19.2. The van der Waals surface area contributed by atoms with E-state index in [4.69, 9.17) is 11.6 Å². The van der Waals surface area contributed by atoms with Gasteiger partial charge in [-0.3, -0.25) is 9.20 Å². The lowest BCUT2D eigenvalue weighted by Crippen LogP contribution is -2.24. The SMILES string of the molecule is O=C(NCc1nnc2c(C(F)(F)F)cccn12)c1cc2cc(Cl)ccc2[nH]1. The Morgan fingerprint density at radius 3 is 2.81 bits per heavy atom. The fourth-order valence-corrected chi connectivity index (χ4v) is 2.97. The summed E-state index contributed by atoms with van der Waals surface area (Å²) in [6.07, 6.45) is -3.13. The van der Waals surface area contributed by atoms with Crippen LogP contribution in [-0.2, 0) is 12.7 Å². The van der Waals surface area contributed by atoms with Gasteiger partial charge in [0, 0.05) is 22.1 Å². The summed E-state index contributed by atoms with van der Waals surface area (Å²) in [6, 6.07) is 8.99. The summed E-state index contributed by atoms with van der Waals surface area (Å²) in [5.74, 6) is -0.241. The summed E-state index contributed by atoms with van der Waals surface area (Å²) in [6.45, 7) is -0.0859. The number of halogens is 4. The lowest BCUT2D eigenvalue weighted by molar-refractivity contribution is -0.136. The number of alkyl halides is 3. The van der Waals surface area contributed by atoms with E-state index in [1.165, 1.54) is 16.7 Å². The smallest absolute Gasteiger partial charge is 0.351 e. The average Bonchev–Trinajstić information content (AvgIpc) is 3.22. The maximum absolute atomic E-state index is 13.0. The number of fused-ring (bicyclic) bond motifs is 2. The Balaban J connectivity index is 1.57. The number of hydrogen-bond acceptors (Lipinski definition) is 3. The van der Waals surface area contributed by atoms with Crippen LogP contribution in [0.25, 0.3) is 16.6 Å². The zero-order valence-corrected chi connectivity index (χ0v) is 14.3. The molecule has 0 fully saturated rings. The Bertz CT molecular complexity index is 1160. The van der Waals surface area contributed by atoms with Crippen molar-refractivity contribution in [2.45, 2.75) is 12.7 Å². The van der Waals surface area contributed by atoms with Crippen LogP contribution in [0.1, 0.15) is 21.9 Å². The van der Waals surface area contributed by atoms with Crippen molar-refractivity contribution in [2.75, 3.05) is 0 Å². The van der Waals surface area contributed by atoms with Gasteiger partial charge in [-0.2, -0.15) is 13.2 Å². The normalized spacial score (nSPS) is 12.0. The molecule has 0 saturated carbocycles. The molecule has 0 bridgehead atoms. The van der Waals surface area contributed by atoms with Crippen molar-refractivity contribution in [1.29, 1.82) is 0 Å². The number of hydrogen-bond donors (Lipinski definition) is 2. The number of aromatic nitrogens is 4. The molecule has 0 aliphatic heterocycles. The fraction of sp³-hybridized carbons (Fsp3) is 0.118. The highest BCUT2D eigenvalue weighted by Gasteiger charge is 2.34. The van der Waals surface area contributed by atoms with Crippen molar-refractivity contribution in [2.24, 2.45) is 0 Å². The molecule has 4 aromatic rings. The average molecular weight is 394 g/mol. The van der Waals surface area contributed by atoms with Gasteiger partial charge in [-0.15, -0.1) is 10.2 Å². The second-order valence-electron chi connectivity index (χ2n) is 5.83. The first-order valence-corrected chi connectivity index (χ1v) is 8.17. The topological polar surface area (TPSA) is 75.1 Å². The molecule has 0 aliphatic carbocycles.